The minimum absolute atomic E-state index is 0.767. The normalized spacial score (nSPS) is 10.6. The van der Waals surface area contributed by atoms with Crippen LogP contribution in [0.2, 0.25) is 0 Å². The molecular formula is C15H15N5. The first-order valence-electron chi connectivity index (χ1n) is 6.45. The molecule has 0 fully saturated rings. The highest BCUT2D eigenvalue weighted by Crippen LogP contribution is 2.16. The molecule has 2 aromatic heterocycles. The third-order valence-corrected chi connectivity index (χ3v) is 3.04. The summed E-state index contributed by atoms with van der Waals surface area (Å²) in [4.78, 5) is 7.98. The number of hydrogen-bond acceptors (Lipinski definition) is 4. The number of hydrogen-bond donors (Lipinski definition) is 2. The summed E-state index contributed by atoms with van der Waals surface area (Å²) in [7, 11) is 0. The summed E-state index contributed by atoms with van der Waals surface area (Å²) < 4.78 is 0. The van der Waals surface area contributed by atoms with Gasteiger partial charge in [-0.2, -0.15) is 5.10 Å². The van der Waals surface area contributed by atoms with E-state index in [2.05, 4.69) is 49.7 Å². The average molecular weight is 265 g/mol. The molecule has 0 saturated carbocycles. The minimum atomic E-state index is 0.767. The maximum Gasteiger partial charge on any atom is 0.115 e. The number of benzene rings is 1. The van der Waals surface area contributed by atoms with Crippen molar-refractivity contribution < 1.29 is 0 Å². The fourth-order valence-electron chi connectivity index (χ4n) is 1.99. The number of H-pyrrole nitrogens is 1. The van der Waals surface area contributed by atoms with Gasteiger partial charge in [-0.15, -0.1) is 0 Å². The highest BCUT2D eigenvalue weighted by Gasteiger charge is 1.99. The van der Waals surface area contributed by atoms with Gasteiger partial charge in [-0.3, -0.25) is 5.10 Å². The van der Waals surface area contributed by atoms with Gasteiger partial charge in [0.2, 0.25) is 0 Å². The summed E-state index contributed by atoms with van der Waals surface area (Å²) >= 11 is 0. The Bertz CT molecular complexity index is 632. The Morgan fingerprint density at radius 1 is 0.900 bits per heavy atom. The van der Waals surface area contributed by atoms with E-state index in [9.17, 15) is 0 Å². The van der Waals surface area contributed by atoms with E-state index in [1.54, 1.807) is 6.20 Å². The molecule has 0 bridgehead atoms. The average Bonchev–Trinajstić information content (AvgIpc) is 3.03. The topological polar surface area (TPSA) is 66.5 Å². The molecule has 0 aliphatic rings. The second kappa shape index (κ2) is 6.08. The highest BCUT2D eigenvalue weighted by molar-refractivity contribution is 5.58. The van der Waals surface area contributed by atoms with E-state index in [0.717, 1.165) is 29.9 Å². The Morgan fingerprint density at radius 2 is 1.65 bits per heavy atom. The molecule has 0 aliphatic carbocycles. The van der Waals surface area contributed by atoms with Crippen LogP contribution in [0.1, 0.15) is 11.1 Å². The number of nitrogens with one attached hydrogen (secondary N) is 2. The SMILES string of the molecule is c1ncc(CNCc2ccc(-c3ccn[nH]3)cc2)cn1. The third-order valence-electron chi connectivity index (χ3n) is 3.04. The quantitative estimate of drug-likeness (QED) is 0.742. The summed E-state index contributed by atoms with van der Waals surface area (Å²) in [5.74, 6) is 0. The first kappa shape index (κ1) is 12.5. The van der Waals surface area contributed by atoms with Crippen LogP contribution in [0.5, 0.6) is 0 Å². The highest BCUT2D eigenvalue weighted by atomic mass is 15.1. The van der Waals surface area contributed by atoms with Gasteiger partial charge in [-0.1, -0.05) is 24.3 Å². The number of nitrogens with zero attached hydrogens (tertiary/aromatic N) is 3. The molecular weight excluding hydrogens is 250 g/mol. The first-order chi connectivity index (χ1) is 9.92. The molecule has 0 spiro atoms. The molecule has 20 heavy (non-hydrogen) atoms. The van der Waals surface area contributed by atoms with Crippen molar-refractivity contribution in [3.63, 3.8) is 0 Å². The van der Waals surface area contributed by atoms with Crippen LogP contribution in [0, 0.1) is 0 Å². The van der Waals surface area contributed by atoms with E-state index in [-0.39, 0.29) is 0 Å². The fraction of sp³-hybridized carbons (Fsp3) is 0.133. The maximum atomic E-state index is 3.99. The van der Waals surface area contributed by atoms with Gasteiger partial charge in [0.1, 0.15) is 6.33 Å². The Morgan fingerprint density at radius 3 is 2.35 bits per heavy atom. The lowest BCUT2D eigenvalue weighted by atomic mass is 10.1. The molecule has 0 unspecified atom stereocenters. The Balaban J connectivity index is 1.56. The summed E-state index contributed by atoms with van der Waals surface area (Å²) in [6.07, 6.45) is 6.94. The largest absolute Gasteiger partial charge is 0.309 e. The van der Waals surface area contributed by atoms with Gasteiger partial charge in [-0.05, 0) is 17.2 Å². The van der Waals surface area contributed by atoms with Gasteiger partial charge in [0.15, 0.2) is 0 Å². The zero-order valence-electron chi connectivity index (χ0n) is 11.0. The van der Waals surface area contributed by atoms with Crippen LogP contribution in [0.3, 0.4) is 0 Å². The van der Waals surface area contributed by atoms with Crippen molar-refractivity contribution in [1.82, 2.24) is 25.5 Å². The molecule has 0 radical (unpaired) electrons. The molecule has 100 valence electrons. The lowest BCUT2D eigenvalue weighted by Gasteiger charge is -2.05. The Labute approximate surface area is 117 Å². The van der Waals surface area contributed by atoms with Crippen LogP contribution >= 0.6 is 0 Å². The van der Waals surface area contributed by atoms with Crippen LogP contribution in [0.25, 0.3) is 11.3 Å². The second-order valence-electron chi connectivity index (χ2n) is 4.52. The molecule has 2 N–H and O–H groups in total. The number of rotatable bonds is 5. The zero-order valence-corrected chi connectivity index (χ0v) is 11.0. The smallest absolute Gasteiger partial charge is 0.115 e. The van der Waals surface area contributed by atoms with Gasteiger partial charge in [0.05, 0.1) is 5.69 Å². The Hall–Kier alpha value is -2.53. The molecule has 0 aliphatic heterocycles. The van der Waals surface area contributed by atoms with Gasteiger partial charge in [-0.25, -0.2) is 9.97 Å². The molecule has 3 aromatic rings. The number of aromatic nitrogens is 4. The van der Waals surface area contributed by atoms with Crippen LogP contribution in [0.4, 0.5) is 0 Å². The first-order valence-corrected chi connectivity index (χ1v) is 6.45. The van der Waals surface area contributed by atoms with Crippen molar-refractivity contribution in [2.24, 2.45) is 0 Å². The molecule has 5 heteroatoms. The lowest BCUT2D eigenvalue weighted by molar-refractivity contribution is 0.689. The van der Waals surface area contributed by atoms with E-state index >= 15 is 0 Å². The maximum absolute atomic E-state index is 3.99. The predicted octanol–water partition coefficient (Wildman–Crippen LogP) is 2.16. The summed E-state index contributed by atoms with van der Waals surface area (Å²) in [6, 6.07) is 10.4. The summed E-state index contributed by atoms with van der Waals surface area (Å²) in [5.41, 5.74) is 4.50. The molecule has 0 amide bonds. The van der Waals surface area contributed by atoms with E-state index in [1.807, 2.05) is 18.5 Å². The zero-order chi connectivity index (χ0) is 13.6. The minimum Gasteiger partial charge on any atom is -0.309 e. The second-order valence-corrected chi connectivity index (χ2v) is 4.52. The number of aromatic amines is 1. The van der Waals surface area contributed by atoms with Gasteiger partial charge < -0.3 is 5.32 Å². The van der Waals surface area contributed by atoms with Crippen molar-refractivity contribution in [2.75, 3.05) is 0 Å². The van der Waals surface area contributed by atoms with Crippen LogP contribution in [0.15, 0.2) is 55.2 Å². The van der Waals surface area contributed by atoms with E-state index in [0.29, 0.717) is 0 Å². The summed E-state index contributed by atoms with van der Waals surface area (Å²) in [6.45, 7) is 1.58. The molecule has 0 atom stereocenters. The van der Waals surface area contributed by atoms with Crippen LogP contribution < -0.4 is 5.32 Å². The standard InChI is InChI=1S/C15H15N5/c1-3-14(15-5-6-19-20-15)4-2-12(1)7-16-8-13-9-17-11-18-10-13/h1-6,9-11,16H,7-8H2,(H,19,20). The molecule has 1 aromatic carbocycles. The van der Waals surface area contributed by atoms with Gasteiger partial charge >= 0.3 is 0 Å². The molecule has 0 saturated heterocycles. The van der Waals surface area contributed by atoms with Crippen molar-refractivity contribution in [3.05, 3.63) is 66.4 Å². The van der Waals surface area contributed by atoms with Gasteiger partial charge in [0, 0.05) is 37.2 Å². The molecule has 5 nitrogen and oxygen atoms in total. The van der Waals surface area contributed by atoms with Crippen molar-refractivity contribution in [1.29, 1.82) is 0 Å². The lowest BCUT2D eigenvalue weighted by Crippen LogP contribution is -2.12. The van der Waals surface area contributed by atoms with E-state index in [1.165, 1.54) is 11.9 Å². The predicted molar refractivity (Wildman–Crippen MR) is 76.6 cm³/mol. The van der Waals surface area contributed by atoms with Crippen LogP contribution in [-0.2, 0) is 13.1 Å². The third kappa shape index (κ3) is 3.07. The molecule has 2 heterocycles. The Kier molecular flexibility index (Phi) is 3.80. The van der Waals surface area contributed by atoms with E-state index < -0.39 is 0 Å². The van der Waals surface area contributed by atoms with Crippen molar-refractivity contribution in [3.8, 4) is 11.3 Å². The summed E-state index contributed by atoms with van der Waals surface area (Å²) in [5, 5.41) is 10.3. The molecule has 3 rings (SSSR count). The fourth-order valence-corrected chi connectivity index (χ4v) is 1.99. The monoisotopic (exact) mass is 265 g/mol. The van der Waals surface area contributed by atoms with Crippen molar-refractivity contribution >= 4 is 0 Å². The van der Waals surface area contributed by atoms with E-state index in [4.69, 9.17) is 0 Å². The van der Waals surface area contributed by atoms with Gasteiger partial charge in [0.25, 0.3) is 0 Å². The van der Waals surface area contributed by atoms with Crippen LogP contribution in [-0.4, -0.2) is 20.2 Å². The van der Waals surface area contributed by atoms with Crippen molar-refractivity contribution in [2.45, 2.75) is 13.1 Å².